The van der Waals surface area contributed by atoms with Crippen LogP contribution in [-0.2, 0) is 4.79 Å². The van der Waals surface area contributed by atoms with Crippen LogP contribution >= 0.6 is 11.6 Å². The van der Waals surface area contributed by atoms with E-state index in [-0.39, 0.29) is 11.5 Å². The molecule has 5 nitrogen and oxygen atoms in total. The zero-order valence-electron chi connectivity index (χ0n) is 10.3. The molecule has 0 bridgehead atoms. The van der Waals surface area contributed by atoms with Crippen molar-refractivity contribution in [3.8, 4) is 0 Å². The van der Waals surface area contributed by atoms with E-state index in [9.17, 15) is 9.59 Å². The molecule has 0 aliphatic carbocycles. The minimum atomic E-state index is -0.774. The first-order valence-corrected chi connectivity index (χ1v) is 6.44. The number of hydrogen-bond donors (Lipinski definition) is 2. The summed E-state index contributed by atoms with van der Waals surface area (Å²) in [5.74, 6) is -1.70. The molecule has 1 aromatic carbocycles. The fourth-order valence-electron chi connectivity index (χ4n) is 2.31. The zero-order chi connectivity index (χ0) is 14.0. The topological polar surface area (TPSA) is 83.6 Å². The summed E-state index contributed by atoms with van der Waals surface area (Å²) in [7, 11) is 0. The summed E-state index contributed by atoms with van der Waals surface area (Å²) in [6.45, 7) is 1.25. The molecule has 6 heteroatoms. The molecule has 19 heavy (non-hydrogen) atoms. The number of nitrogens with zero attached hydrogens (tertiary/aromatic N) is 1. The number of carboxylic acid groups (broad SMARTS) is 1. The van der Waals surface area contributed by atoms with Gasteiger partial charge in [0.2, 0.25) is 5.91 Å². The predicted octanol–water partition coefficient (Wildman–Crippen LogP) is 1.74. The van der Waals surface area contributed by atoms with Gasteiger partial charge in [-0.05, 0) is 31.0 Å². The van der Waals surface area contributed by atoms with Gasteiger partial charge in [0.15, 0.2) is 0 Å². The lowest BCUT2D eigenvalue weighted by Crippen LogP contribution is -2.38. The fraction of sp³-hybridized carbons (Fsp3) is 0.385. The fourth-order valence-corrected chi connectivity index (χ4v) is 2.58. The summed E-state index contributed by atoms with van der Waals surface area (Å²) < 4.78 is 0. The van der Waals surface area contributed by atoms with E-state index in [2.05, 4.69) is 0 Å². The first-order chi connectivity index (χ1) is 8.99. The van der Waals surface area contributed by atoms with Gasteiger partial charge in [0.1, 0.15) is 0 Å². The first-order valence-electron chi connectivity index (χ1n) is 6.06. The molecule has 0 saturated carbocycles. The third-order valence-corrected chi connectivity index (χ3v) is 3.67. The number of halogens is 1. The van der Waals surface area contributed by atoms with Crippen LogP contribution in [0.2, 0.25) is 5.02 Å². The van der Waals surface area contributed by atoms with Gasteiger partial charge in [-0.2, -0.15) is 0 Å². The number of nitrogens with two attached hydrogens (primary N) is 1. The van der Waals surface area contributed by atoms with Crippen LogP contribution in [0.4, 0.5) is 5.69 Å². The lowest BCUT2D eigenvalue weighted by Gasteiger charge is -2.32. The van der Waals surface area contributed by atoms with E-state index in [1.54, 1.807) is 18.2 Å². The van der Waals surface area contributed by atoms with Gasteiger partial charge < -0.3 is 15.7 Å². The molecule has 1 amide bonds. The number of hydrogen-bond acceptors (Lipinski definition) is 3. The van der Waals surface area contributed by atoms with Crippen LogP contribution < -0.4 is 10.6 Å². The minimum Gasteiger partial charge on any atom is -0.481 e. The van der Waals surface area contributed by atoms with Gasteiger partial charge in [-0.15, -0.1) is 0 Å². The van der Waals surface area contributed by atoms with Crippen molar-refractivity contribution in [2.45, 2.75) is 12.8 Å². The number of carboxylic acids is 1. The van der Waals surface area contributed by atoms with Crippen LogP contribution in [0.5, 0.6) is 0 Å². The van der Waals surface area contributed by atoms with Crippen LogP contribution in [0.25, 0.3) is 0 Å². The third-order valence-electron chi connectivity index (χ3n) is 3.35. The number of carbonyl (C=O) groups excluding carboxylic acids is 1. The molecule has 0 radical (unpaired) electrons. The Kier molecular flexibility index (Phi) is 3.95. The van der Waals surface area contributed by atoms with Crippen molar-refractivity contribution >= 4 is 29.2 Å². The number of anilines is 1. The van der Waals surface area contributed by atoms with Crippen molar-refractivity contribution in [1.82, 2.24) is 0 Å². The van der Waals surface area contributed by atoms with Crippen LogP contribution in [-0.4, -0.2) is 30.1 Å². The van der Waals surface area contributed by atoms with Crippen molar-refractivity contribution in [3.05, 3.63) is 28.8 Å². The van der Waals surface area contributed by atoms with E-state index in [1.807, 2.05) is 4.90 Å². The number of rotatable bonds is 3. The van der Waals surface area contributed by atoms with Crippen molar-refractivity contribution in [2.24, 2.45) is 11.7 Å². The average Bonchev–Trinajstić information content (AvgIpc) is 2.38. The Hall–Kier alpha value is -1.75. The van der Waals surface area contributed by atoms with Crippen molar-refractivity contribution in [3.63, 3.8) is 0 Å². The molecular formula is C13H15ClN2O3. The monoisotopic (exact) mass is 282 g/mol. The summed E-state index contributed by atoms with van der Waals surface area (Å²) >= 11 is 6.00. The van der Waals surface area contributed by atoms with Crippen molar-refractivity contribution < 1.29 is 14.7 Å². The second-order valence-corrected chi connectivity index (χ2v) is 5.06. The third kappa shape index (κ3) is 2.98. The largest absolute Gasteiger partial charge is 0.481 e. The molecule has 1 saturated heterocycles. The molecule has 1 aromatic rings. The molecule has 1 atom stereocenters. The Labute approximate surface area is 116 Å². The maximum Gasteiger partial charge on any atom is 0.308 e. The number of aliphatic carboxylic acids is 1. The van der Waals surface area contributed by atoms with Gasteiger partial charge in [0.25, 0.3) is 0 Å². The smallest absolute Gasteiger partial charge is 0.308 e. The first kappa shape index (κ1) is 13.7. The van der Waals surface area contributed by atoms with E-state index in [0.29, 0.717) is 18.0 Å². The maximum atomic E-state index is 11.1. The number of piperidine rings is 1. The van der Waals surface area contributed by atoms with Crippen molar-refractivity contribution in [2.75, 3.05) is 18.0 Å². The lowest BCUT2D eigenvalue weighted by molar-refractivity contribution is -0.141. The highest BCUT2D eigenvalue weighted by molar-refractivity contribution is 6.34. The van der Waals surface area contributed by atoms with Gasteiger partial charge in [0, 0.05) is 18.8 Å². The van der Waals surface area contributed by atoms with Gasteiger partial charge in [0.05, 0.1) is 16.5 Å². The summed E-state index contributed by atoms with van der Waals surface area (Å²) in [6.07, 6.45) is 1.52. The minimum absolute atomic E-state index is 0.275. The van der Waals surface area contributed by atoms with Gasteiger partial charge >= 0.3 is 5.97 Å². The number of amides is 1. The van der Waals surface area contributed by atoms with Crippen LogP contribution in [0.3, 0.4) is 0 Å². The Morgan fingerprint density at radius 2 is 2.16 bits per heavy atom. The molecule has 1 fully saturated rings. The number of primary amides is 1. The van der Waals surface area contributed by atoms with Crippen LogP contribution in [0, 0.1) is 5.92 Å². The molecule has 3 N–H and O–H groups in total. The average molecular weight is 283 g/mol. The van der Waals surface area contributed by atoms with Crippen LogP contribution in [0.15, 0.2) is 18.2 Å². The molecule has 0 aromatic heterocycles. The highest BCUT2D eigenvalue weighted by atomic mass is 35.5. The maximum absolute atomic E-state index is 11.1. The summed E-state index contributed by atoms with van der Waals surface area (Å²) in [4.78, 5) is 24.1. The second kappa shape index (κ2) is 5.48. The van der Waals surface area contributed by atoms with E-state index in [4.69, 9.17) is 22.4 Å². The Morgan fingerprint density at radius 1 is 1.42 bits per heavy atom. The molecular weight excluding hydrogens is 268 g/mol. The number of carbonyl (C=O) groups is 2. The number of benzene rings is 1. The predicted molar refractivity (Wildman–Crippen MR) is 72.5 cm³/mol. The molecule has 1 heterocycles. The standard InChI is InChI=1S/C13H15ClN2O3/c14-11-6-9(3-4-10(11)12(15)17)16-5-1-2-8(7-16)13(18)19/h3-4,6,8H,1-2,5,7H2,(H2,15,17)(H,18,19). The second-order valence-electron chi connectivity index (χ2n) is 4.65. The summed E-state index contributed by atoms with van der Waals surface area (Å²) in [6, 6.07) is 4.98. The molecule has 1 aliphatic heterocycles. The molecule has 1 aliphatic rings. The Bertz CT molecular complexity index is 519. The Balaban J connectivity index is 2.20. The van der Waals surface area contributed by atoms with Gasteiger partial charge in [-0.3, -0.25) is 9.59 Å². The molecule has 1 unspecified atom stereocenters. The van der Waals surface area contributed by atoms with Crippen LogP contribution in [0.1, 0.15) is 23.2 Å². The quantitative estimate of drug-likeness (QED) is 0.884. The van der Waals surface area contributed by atoms with E-state index < -0.39 is 11.9 Å². The summed E-state index contributed by atoms with van der Waals surface area (Å²) in [5, 5.41) is 9.35. The molecule has 102 valence electrons. The highest BCUT2D eigenvalue weighted by Gasteiger charge is 2.25. The lowest BCUT2D eigenvalue weighted by atomic mass is 9.97. The Morgan fingerprint density at radius 3 is 2.74 bits per heavy atom. The van der Waals surface area contributed by atoms with Crippen molar-refractivity contribution in [1.29, 1.82) is 0 Å². The van der Waals surface area contributed by atoms with Gasteiger partial charge in [-0.1, -0.05) is 11.6 Å². The van der Waals surface area contributed by atoms with E-state index in [1.165, 1.54) is 0 Å². The molecule has 0 spiro atoms. The SMILES string of the molecule is NC(=O)c1ccc(N2CCCC(C(=O)O)C2)cc1Cl. The van der Waals surface area contributed by atoms with E-state index in [0.717, 1.165) is 18.7 Å². The summed E-state index contributed by atoms with van der Waals surface area (Å²) in [5.41, 5.74) is 6.29. The normalized spacial score (nSPS) is 19.2. The van der Waals surface area contributed by atoms with Gasteiger partial charge in [-0.25, -0.2) is 0 Å². The van der Waals surface area contributed by atoms with E-state index >= 15 is 0 Å². The zero-order valence-corrected chi connectivity index (χ0v) is 11.1. The highest BCUT2D eigenvalue weighted by Crippen LogP contribution is 2.27. The molecule has 2 rings (SSSR count).